The van der Waals surface area contributed by atoms with Crippen LogP contribution in [0.25, 0.3) is 0 Å². The summed E-state index contributed by atoms with van der Waals surface area (Å²) < 4.78 is 0. The number of rotatable bonds is 0. The van der Waals surface area contributed by atoms with Crippen molar-refractivity contribution in [3.63, 3.8) is 0 Å². The van der Waals surface area contributed by atoms with Crippen molar-refractivity contribution in [2.24, 2.45) is 11.3 Å². The second kappa shape index (κ2) is 3.25. The molecule has 1 aliphatic heterocycles. The van der Waals surface area contributed by atoms with Gasteiger partial charge in [-0.05, 0) is 25.2 Å². The quantitative estimate of drug-likeness (QED) is 0.581. The number of likely N-dealkylation sites (tertiary alicyclic amines) is 1. The molecular formula is C12H21NO. The molecule has 0 radical (unpaired) electrons. The summed E-state index contributed by atoms with van der Waals surface area (Å²) in [7, 11) is 0. The van der Waals surface area contributed by atoms with Gasteiger partial charge in [0.2, 0.25) is 5.91 Å². The molecule has 1 amide bonds. The predicted octanol–water partition coefficient (Wildman–Crippen LogP) is 2.43. The summed E-state index contributed by atoms with van der Waals surface area (Å²) in [6, 6.07) is 0.570. The Morgan fingerprint density at radius 2 is 2.00 bits per heavy atom. The van der Waals surface area contributed by atoms with Gasteiger partial charge < -0.3 is 4.90 Å². The smallest absolute Gasteiger partial charge is 0.228 e. The van der Waals surface area contributed by atoms with Gasteiger partial charge in [-0.25, -0.2) is 0 Å². The van der Waals surface area contributed by atoms with Gasteiger partial charge in [-0.2, -0.15) is 0 Å². The van der Waals surface area contributed by atoms with Crippen LogP contribution in [-0.2, 0) is 4.79 Å². The molecule has 2 fully saturated rings. The zero-order valence-electron chi connectivity index (χ0n) is 9.55. The van der Waals surface area contributed by atoms with E-state index in [-0.39, 0.29) is 5.41 Å². The molecule has 1 saturated carbocycles. The van der Waals surface area contributed by atoms with E-state index in [9.17, 15) is 4.79 Å². The van der Waals surface area contributed by atoms with Gasteiger partial charge in [-0.1, -0.05) is 27.2 Å². The largest absolute Gasteiger partial charge is 0.339 e. The highest BCUT2D eigenvalue weighted by atomic mass is 16.2. The average Bonchev–Trinajstić information content (AvgIpc) is 2.39. The Morgan fingerprint density at radius 1 is 1.29 bits per heavy atom. The van der Waals surface area contributed by atoms with Gasteiger partial charge in [0, 0.05) is 18.0 Å². The van der Waals surface area contributed by atoms with Crippen LogP contribution in [0, 0.1) is 11.3 Å². The number of carbonyl (C=O) groups is 1. The van der Waals surface area contributed by atoms with E-state index in [0.29, 0.717) is 11.9 Å². The van der Waals surface area contributed by atoms with Crippen LogP contribution in [0.2, 0.25) is 0 Å². The van der Waals surface area contributed by atoms with E-state index in [0.717, 1.165) is 12.5 Å². The second-order valence-corrected chi connectivity index (χ2v) is 5.89. The Morgan fingerprint density at radius 3 is 2.57 bits per heavy atom. The molecule has 0 aromatic carbocycles. The molecule has 1 aliphatic carbocycles. The van der Waals surface area contributed by atoms with Crippen molar-refractivity contribution in [3.05, 3.63) is 0 Å². The first kappa shape index (κ1) is 10.0. The van der Waals surface area contributed by atoms with E-state index in [4.69, 9.17) is 0 Å². The molecule has 80 valence electrons. The van der Waals surface area contributed by atoms with Crippen LogP contribution in [0.5, 0.6) is 0 Å². The zero-order chi connectivity index (χ0) is 10.3. The summed E-state index contributed by atoms with van der Waals surface area (Å²) >= 11 is 0. The first-order chi connectivity index (χ1) is 6.48. The van der Waals surface area contributed by atoms with Gasteiger partial charge >= 0.3 is 0 Å². The monoisotopic (exact) mass is 195 g/mol. The molecule has 2 bridgehead atoms. The maximum atomic E-state index is 12.1. The van der Waals surface area contributed by atoms with Crippen LogP contribution in [0.1, 0.15) is 46.5 Å². The summed E-state index contributed by atoms with van der Waals surface area (Å²) in [5.74, 6) is 1.16. The Balaban J connectivity index is 2.09. The molecule has 0 spiro atoms. The van der Waals surface area contributed by atoms with Crippen molar-refractivity contribution in [3.8, 4) is 0 Å². The van der Waals surface area contributed by atoms with E-state index >= 15 is 0 Å². The molecule has 14 heavy (non-hydrogen) atoms. The summed E-state index contributed by atoms with van der Waals surface area (Å²) in [5, 5.41) is 0. The molecule has 2 rings (SSSR count). The molecular weight excluding hydrogens is 174 g/mol. The number of fused-ring (bicyclic) bond motifs is 2. The van der Waals surface area contributed by atoms with Gasteiger partial charge in [0.15, 0.2) is 0 Å². The fraction of sp³-hybridized carbons (Fsp3) is 0.917. The van der Waals surface area contributed by atoms with Gasteiger partial charge in [0.05, 0.1) is 0 Å². The SMILES string of the molecule is CC(C)(C)C(=O)N1CC2CCCC1C2. The number of carbonyl (C=O) groups excluding carboxylic acids is 1. The van der Waals surface area contributed by atoms with Crippen LogP contribution in [-0.4, -0.2) is 23.4 Å². The number of amides is 1. The highest BCUT2D eigenvalue weighted by Crippen LogP contribution is 2.37. The van der Waals surface area contributed by atoms with E-state index in [2.05, 4.69) is 4.90 Å². The summed E-state index contributed by atoms with van der Waals surface area (Å²) in [5.41, 5.74) is -0.197. The molecule has 1 heterocycles. The molecule has 2 heteroatoms. The summed E-state index contributed by atoms with van der Waals surface area (Å²) in [4.78, 5) is 14.3. The highest BCUT2D eigenvalue weighted by molar-refractivity contribution is 5.82. The lowest BCUT2D eigenvalue weighted by Gasteiger charge is -2.30. The minimum Gasteiger partial charge on any atom is -0.339 e. The topological polar surface area (TPSA) is 20.3 Å². The van der Waals surface area contributed by atoms with Crippen LogP contribution >= 0.6 is 0 Å². The molecule has 0 N–H and O–H groups in total. The van der Waals surface area contributed by atoms with E-state index < -0.39 is 0 Å². The van der Waals surface area contributed by atoms with Crippen molar-refractivity contribution in [2.45, 2.75) is 52.5 Å². The van der Waals surface area contributed by atoms with Crippen molar-refractivity contribution >= 4 is 5.91 Å². The third-order valence-electron chi connectivity index (χ3n) is 3.55. The predicted molar refractivity (Wildman–Crippen MR) is 56.9 cm³/mol. The first-order valence-corrected chi connectivity index (χ1v) is 5.79. The Kier molecular flexibility index (Phi) is 2.32. The Labute approximate surface area is 86.7 Å². The van der Waals surface area contributed by atoms with Crippen LogP contribution in [0.4, 0.5) is 0 Å². The van der Waals surface area contributed by atoms with Crippen molar-refractivity contribution < 1.29 is 4.79 Å². The minimum atomic E-state index is -0.197. The second-order valence-electron chi connectivity index (χ2n) is 5.89. The zero-order valence-corrected chi connectivity index (χ0v) is 9.55. The molecule has 0 aromatic rings. The molecule has 2 aliphatic rings. The summed E-state index contributed by atoms with van der Waals surface area (Å²) in [6.45, 7) is 7.10. The maximum absolute atomic E-state index is 12.1. The van der Waals surface area contributed by atoms with E-state index in [1.54, 1.807) is 0 Å². The lowest BCUT2D eigenvalue weighted by molar-refractivity contribution is -0.140. The van der Waals surface area contributed by atoms with Crippen molar-refractivity contribution in [1.29, 1.82) is 0 Å². The molecule has 1 saturated heterocycles. The Hall–Kier alpha value is -0.530. The van der Waals surface area contributed by atoms with Crippen molar-refractivity contribution in [2.75, 3.05) is 6.54 Å². The standard InChI is InChI=1S/C12H21NO/c1-12(2,3)11(14)13-8-9-5-4-6-10(13)7-9/h9-10H,4-8H2,1-3H3. The average molecular weight is 195 g/mol. The molecule has 2 nitrogen and oxygen atoms in total. The van der Waals surface area contributed by atoms with E-state index in [1.807, 2.05) is 20.8 Å². The third-order valence-corrected chi connectivity index (χ3v) is 3.55. The lowest BCUT2D eigenvalue weighted by Crippen LogP contribution is -2.42. The van der Waals surface area contributed by atoms with Gasteiger partial charge in [-0.15, -0.1) is 0 Å². The Bertz CT molecular complexity index is 241. The number of hydrogen-bond acceptors (Lipinski definition) is 1. The van der Waals surface area contributed by atoms with Crippen LogP contribution in [0.3, 0.4) is 0 Å². The maximum Gasteiger partial charge on any atom is 0.228 e. The van der Waals surface area contributed by atoms with Gasteiger partial charge in [0.1, 0.15) is 0 Å². The normalized spacial score (nSPS) is 32.1. The number of nitrogens with zero attached hydrogens (tertiary/aromatic N) is 1. The molecule has 2 unspecified atom stereocenters. The molecule has 2 atom stereocenters. The van der Waals surface area contributed by atoms with Crippen LogP contribution in [0.15, 0.2) is 0 Å². The van der Waals surface area contributed by atoms with E-state index in [1.165, 1.54) is 25.7 Å². The third kappa shape index (κ3) is 1.67. The lowest BCUT2D eigenvalue weighted by atomic mass is 9.90. The summed E-state index contributed by atoms with van der Waals surface area (Å²) in [6.07, 6.45) is 5.16. The highest BCUT2D eigenvalue weighted by Gasteiger charge is 2.40. The molecule has 0 aromatic heterocycles. The van der Waals surface area contributed by atoms with Crippen molar-refractivity contribution in [1.82, 2.24) is 4.90 Å². The fourth-order valence-electron chi connectivity index (χ4n) is 2.82. The minimum absolute atomic E-state index is 0.197. The first-order valence-electron chi connectivity index (χ1n) is 5.79. The van der Waals surface area contributed by atoms with Crippen LogP contribution < -0.4 is 0 Å². The number of hydrogen-bond donors (Lipinski definition) is 0. The fourth-order valence-corrected chi connectivity index (χ4v) is 2.82. The van der Waals surface area contributed by atoms with Gasteiger partial charge in [0.25, 0.3) is 0 Å². The van der Waals surface area contributed by atoms with Gasteiger partial charge in [-0.3, -0.25) is 4.79 Å².